The largest absolute Gasteiger partial charge is 0.472 e. The molecule has 0 aromatic carbocycles. The van der Waals surface area contributed by atoms with Crippen LogP contribution in [0.15, 0.2) is 23.0 Å². The standard InChI is InChI=1S/C10H15NO4S/c12-10(8-4-6-15-7-8)3-5-11-16(13,14)9-1-2-9/h4,6-7,9-12H,1-3,5H2/t10-/m1/s1. The van der Waals surface area contributed by atoms with Crippen molar-refractivity contribution < 1.29 is 17.9 Å². The highest BCUT2D eigenvalue weighted by atomic mass is 32.2. The molecule has 5 nitrogen and oxygen atoms in total. The van der Waals surface area contributed by atoms with Crippen LogP contribution in [0.2, 0.25) is 0 Å². The molecular formula is C10H15NO4S. The number of sulfonamides is 1. The van der Waals surface area contributed by atoms with Crippen molar-refractivity contribution in [2.45, 2.75) is 30.6 Å². The second-order valence-electron chi connectivity index (χ2n) is 4.00. The van der Waals surface area contributed by atoms with Crippen molar-refractivity contribution in [1.29, 1.82) is 0 Å². The summed E-state index contributed by atoms with van der Waals surface area (Å²) >= 11 is 0. The summed E-state index contributed by atoms with van der Waals surface area (Å²) < 4.78 is 30.2. The second kappa shape index (κ2) is 4.57. The van der Waals surface area contributed by atoms with Gasteiger partial charge in [-0.25, -0.2) is 13.1 Å². The van der Waals surface area contributed by atoms with Crippen molar-refractivity contribution in [3.63, 3.8) is 0 Å². The average Bonchev–Trinajstić information content (AvgIpc) is 2.95. The van der Waals surface area contributed by atoms with Crippen LogP contribution in [0.25, 0.3) is 0 Å². The molecule has 1 atom stereocenters. The maximum atomic E-state index is 11.4. The molecule has 1 aliphatic rings. The molecule has 90 valence electrons. The second-order valence-corrected chi connectivity index (χ2v) is 6.05. The Hall–Kier alpha value is -0.850. The molecule has 1 aromatic heterocycles. The number of nitrogens with one attached hydrogen (secondary N) is 1. The molecule has 0 aliphatic heterocycles. The van der Waals surface area contributed by atoms with E-state index in [9.17, 15) is 13.5 Å². The van der Waals surface area contributed by atoms with E-state index in [1.54, 1.807) is 6.07 Å². The summed E-state index contributed by atoms with van der Waals surface area (Å²) in [6.45, 7) is 0.255. The molecule has 0 bridgehead atoms. The Balaban J connectivity index is 1.76. The van der Waals surface area contributed by atoms with Crippen molar-refractivity contribution >= 4 is 10.0 Å². The molecule has 0 spiro atoms. The molecule has 1 aliphatic carbocycles. The Morgan fingerprint density at radius 1 is 1.56 bits per heavy atom. The van der Waals surface area contributed by atoms with Gasteiger partial charge in [0.05, 0.1) is 23.9 Å². The van der Waals surface area contributed by atoms with E-state index in [4.69, 9.17) is 4.42 Å². The van der Waals surface area contributed by atoms with E-state index >= 15 is 0 Å². The van der Waals surface area contributed by atoms with Crippen LogP contribution in [0.3, 0.4) is 0 Å². The van der Waals surface area contributed by atoms with Crippen LogP contribution in [0.4, 0.5) is 0 Å². The predicted molar refractivity (Wildman–Crippen MR) is 58.2 cm³/mol. The van der Waals surface area contributed by atoms with E-state index in [0.29, 0.717) is 12.0 Å². The molecule has 0 radical (unpaired) electrons. The van der Waals surface area contributed by atoms with Gasteiger partial charge in [-0.05, 0) is 25.3 Å². The molecule has 16 heavy (non-hydrogen) atoms. The highest BCUT2D eigenvalue weighted by Crippen LogP contribution is 2.27. The molecule has 0 unspecified atom stereocenters. The zero-order valence-corrected chi connectivity index (χ0v) is 9.61. The van der Waals surface area contributed by atoms with Gasteiger partial charge in [-0.3, -0.25) is 0 Å². The maximum Gasteiger partial charge on any atom is 0.214 e. The zero-order valence-electron chi connectivity index (χ0n) is 8.80. The lowest BCUT2D eigenvalue weighted by Crippen LogP contribution is -2.28. The maximum absolute atomic E-state index is 11.4. The van der Waals surface area contributed by atoms with Crippen molar-refractivity contribution in [1.82, 2.24) is 4.72 Å². The minimum absolute atomic E-state index is 0.210. The van der Waals surface area contributed by atoms with Crippen LogP contribution >= 0.6 is 0 Å². The van der Waals surface area contributed by atoms with Gasteiger partial charge in [-0.1, -0.05) is 0 Å². The topological polar surface area (TPSA) is 79.5 Å². The first-order chi connectivity index (χ1) is 7.59. The van der Waals surface area contributed by atoms with E-state index in [1.807, 2.05) is 0 Å². The summed E-state index contributed by atoms with van der Waals surface area (Å²) in [6, 6.07) is 1.67. The minimum Gasteiger partial charge on any atom is -0.472 e. The van der Waals surface area contributed by atoms with E-state index in [0.717, 1.165) is 12.8 Å². The highest BCUT2D eigenvalue weighted by Gasteiger charge is 2.35. The molecule has 1 saturated carbocycles. The van der Waals surface area contributed by atoms with Crippen molar-refractivity contribution in [3.8, 4) is 0 Å². The third-order valence-corrected chi connectivity index (χ3v) is 4.57. The lowest BCUT2D eigenvalue weighted by Gasteiger charge is -2.09. The van der Waals surface area contributed by atoms with Gasteiger partial charge in [0.2, 0.25) is 10.0 Å². The van der Waals surface area contributed by atoms with Gasteiger partial charge >= 0.3 is 0 Å². The Bertz CT molecular complexity index is 422. The summed E-state index contributed by atoms with van der Waals surface area (Å²) in [7, 11) is -3.14. The first-order valence-electron chi connectivity index (χ1n) is 5.28. The van der Waals surface area contributed by atoms with Crippen molar-refractivity contribution in [3.05, 3.63) is 24.2 Å². The summed E-state index contributed by atoms with van der Waals surface area (Å²) in [5.41, 5.74) is 0.672. The molecule has 0 saturated heterocycles. The monoisotopic (exact) mass is 245 g/mol. The lowest BCUT2D eigenvalue weighted by molar-refractivity contribution is 0.168. The molecular weight excluding hydrogens is 230 g/mol. The van der Waals surface area contributed by atoms with E-state index in [1.165, 1.54) is 12.5 Å². The Kier molecular flexibility index (Phi) is 3.32. The zero-order chi connectivity index (χ0) is 11.6. The SMILES string of the molecule is O=S(=O)(NCC[C@@H](O)c1ccoc1)C1CC1. The fourth-order valence-corrected chi connectivity index (χ4v) is 2.86. The van der Waals surface area contributed by atoms with E-state index in [-0.39, 0.29) is 11.8 Å². The molecule has 1 fully saturated rings. The molecule has 1 aromatic rings. The summed E-state index contributed by atoms with van der Waals surface area (Å²) in [5.74, 6) is 0. The number of rotatable bonds is 6. The third kappa shape index (κ3) is 2.84. The Morgan fingerprint density at radius 2 is 2.31 bits per heavy atom. The Morgan fingerprint density at radius 3 is 2.88 bits per heavy atom. The average molecular weight is 245 g/mol. The van der Waals surface area contributed by atoms with Crippen molar-refractivity contribution in [2.24, 2.45) is 0 Å². The third-order valence-electron chi connectivity index (χ3n) is 2.61. The van der Waals surface area contributed by atoms with Crippen LogP contribution < -0.4 is 4.72 Å². The van der Waals surface area contributed by atoms with Crippen LogP contribution in [0.5, 0.6) is 0 Å². The fourth-order valence-electron chi connectivity index (χ4n) is 1.47. The number of aliphatic hydroxyl groups excluding tert-OH is 1. The normalized spacial score (nSPS) is 18.6. The van der Waals surface area contributed by atoms with Crippen LogP contribution in [0, 0.1) is 0 Å². The summed E-state index contributed by atoms with van der Waals surface area (Å²) in [6.07, 6.45) is 4.11. The van der Waals surface area contributed by atoms with Gasteiger partial charge in [0.1, 0.15) is 0 Å². The van der Waals surface area contributed by atoms with Gasteiger partial charge in [0.25, 0.3) is 0 Å². The first kappa shape index (κ1) is 11.6. The summed E-state index contributed by atoms with van der Waals surface area (Å²) in [4.78, 5) is 0. The summed E-state index contributed by atoms with van der Waals surface area (Å²) in [5, 5.41) is 9.46. The molecule has 6 heteroatoms. The van der Waals surface area contributed by atoms with Gasteiger partial charge in [0.15, 0.2) is 0 Å². The molecule has 2 rings (SSSR count). The molecule has 0 amide bonds. The minimum atomic E-state index is -3.14. The van der Waals surface area contributed by atoms with Crippen molar-refractivity contribution in [2.75, 3.05) is 6.54 Å². The predicted octanol–water partition coefficient (Wildman–Crippen LogP) is 0.785. The molecule has 2 N–H and O–H groups in total. The highest BCUT2D eigenvalue weighted by molar-refractivity contribution is 7.90. The fraction of sp³-hybridized carbons (Fsp3) is 0.600. The Labute approximate surface area is 94.5 Å². The van der Waals surface area contributed by atoms with Gasteiger partial charge in [-0.2, -0.15) is 0 Å². The quantitative estimate of drug-likeness (QED) is 0.776. The lowest BCUT2D eigenvalue weighted by atomic mass is 10.1. The smallest absolute Gasteiger partial charge is 0.214 e. The first-order valence-corrected chi connectivity index (χ1v) is 6.83. The van der Waals surface area contributed by atoms with Gasteiger partial charge in [-0.15, -0.1) is 0 Å². The molecule has 1 heterocycles. The van der Waals surface area contributed by atoms with Crippen LogP contribution in [0.1, 0.15) is 30.9 Å². The van der Waals surface area contributed by atoms with Crippen LogP contribution in [-0.2, 0) is 10.0 Å². The number of furan rings is 1. The van der Waals surface area contributed by atoms with Gasteiger partial charge < -0.3 is 9.52 Å². The van der Waals surface area contributed by atoms with Crippen LogP contribution in [-0.4, -0.2) is 25.3 Å². The number of hydrogen-bond donors (Lipinski definition) is 2. The number of hydrogen-bond acceptors (Lipinski definition) is 4. The van der Waals surface area contributed by atoms with Gasteiger partial charge in [0, 0.05) is 12.1 Å². The van der Waals surface area contributed by atoms with E-state index < -0.39 is 16.1 Å². The number of aliphatic hydroxyl groups is 1. The van der Waals surface area contributed by atoms with E-state index in [2.05, 4.69) is 4.72 Å².